The third kappa shape index (κ3) is 4.79. The number of amides is 1. The van der Waals surface area contributed by atoms with Crippen LogP contribution in [-0.2, 0) is 27.4 Å². The lowest BCUT2D eigenvalue weighted by molar-refractivity contribution is -0.143. The van der Waals surface area contributed by atoms with Gasteiger partial charge in [-0.3, -0.25) is 4.79 Å². The molecule has 0 radical (unpaired) electrons. The molecule has 3 aromatic rings. The number of carbonyl (C=O) groups excluding carboxylic acids is 1. The topological polar surface area (TPSA) is 65.8 Å². The summed E-state index contributed by atoms with van der Waals surface area (Å²) in [6.07, 6.45) is 0.0989. The summed E-state index contributed by atoms with van der Waals surface area (Å²) in [5.41, 5.74) is 3.05. The van der Waals surface area contributed by atoms with E-state index in [0.29, 0.717) is 39.3 Å². The molecule has 0 saturated carbocycles. The summed E-state index contributed by atoms with van der Waals surface area (Å²) < 4.78 is 19.0. The number of fused-ring (bicyclic) bond motifs is 1. The van der Waals surface area contributed by atoms with Crippen LogP contribution < -0.4 is 4.74 Å². The van der Waals surface area contributed by atoms with Gasteiger partial charge < -0.3 is 23.7 Å². The largest absolute Gasteiger partial charge is 0.497 e. The van der Waals surface area contributed by atoms with E-state index >= 15 is 0 Å². The van der Waals surface area contributed by atoms with Crippen LogP contribution in [-0.4, -0.2) is 53.5 Å². The van der Waals surface area contributed by atoms with Crippen LogP contribution in [0.25, 0.3) is 11.0 Å². The Morgan fingerprint density at radius 1 is 1.06 bits per heavy atom. The third-order valence-electron chi connectivity index (χ3n) is 5.83. The monoisotopic (exact) mass is 437 g/mol. The van der Waals surface area contributed by atoms with Crippen molar-refractivity contribution in [3.63, 3.8) is 0 Å². The van der Waals surface area contributed by atoms with Crippen molar-refractivity contribution >= 4 is 16.9 Å². The number of ether oxygens (including phenoxy) is 3. The summed E-state index contributed by atoms with van der Waals surface area (Å²) >= 11 is 0. The van der Waals surface area contributed by atoms with Crippen molar-refractivity contribution in [2.24, 2.45) is 0 Å². The molecule has 1 aliphatic heterocycles. The highest BCUT2D eigenvalue weighted by atomic mass is 16.7. The molecule has 4 rings (SSSR count). The maximum Gasteiger partial charge on any atom is 0.223 e. The predicted octanol–water partition coefficient (Wildman–Crippen LogP) is 3.96. The summed E-state index contributed by atoms with van der Waals surface area (Å²) in [5, 5.41) is 0. The first kappa shape index (κ1) is 22.3. The van der Waals surface area contributed by atoms with Crippen molar-refractivity contribution in [2.45, 2.75) is 45.6 Å². The number of nitrogens with zero attached hydrogens (tertiary/aromatic N) is 3. The zero-order valence-electron chi connectivity index (χ0n) is 19.0. The van der Waals surface area contributed by atoms with Gasteiger partial charge in [-0.2, -0.15) is 0 Å². The Morgan fingerprint density at radius 3 is 2.47 bits per heavy atom. The molecule has 1 unspecified atom stereocenters. The molecule has 7 heteroatoms. The van der Waals surface area contributed by atoms with Crippen LogP contribution in [0.4, 0.5) is 0 Å². The lowest BCUT2D eigenvalue weighted by atomic mass is 10.1. The molecule has 2 heterocycles. The van der Waals surface area contributed by atoms with Crippen LogP contribution >= 0.6 is 0 Å². The van der Waals surface area contributed by atoms with Crippen LogP contribution in [0.1, 0.15) is 37.6 Å². The van der Waals surface area contributed by atoms with E-state index in [-0.39, 0.29) is 18.1 Å². The molecule has 0 N–H and O–H groups in total. The number of aromatic nitrogens is 2. The molecule has 1 saturated heterocycles. The first-order chi connectivity index (χ1) is 15.6. The fourth-order valence-corrected chi connectivity index (χ4v) is 4.32. The van der Waals surface area contributed by atoms with Gasteiger partial charge in [-0.25, -0.2) is 4.98 Å². The number of likely N-dealkylation sites (tertiary alicyclic amines) is 1. The van der Waals surface area contributed by atoms with Crippen molar-refractivity contribution in [1.82, 2.24) is 14.5 Å². The van der Waals surface area contributed by atoms with E-state index in [1.807, 2.05) is 61.2 Å². The van der Waals surface area contributed by atoms with E-state index in [0.717, 1.165) is 28.2 Å². The molecule has 1 amide bonds. The SMILES string of the molecule is CCOC(Cn1c(C2CC(=O)N(Cc3ccc(OC)cc3)C2)nc2ccccc21)OCC. The molecule has 0 aliphatic carbocycles. The fourth-order valence-electron chi connectivity index (χ4n) is 4.32. The van der Waals surface area contributed by atoms with E-state index in [1.165, 1.54) is 0 Å². The number of para-hydroxylation sites is 2. The summed E-state index contributed by atoms with van der Waals surface area (Å²) in [4.78, 5) is 19.7. The van der Waals surface area contributed by atoms with E-state index in [1.54, 1.807) is 7.11 Å². The lowest BCUT2D eigenvalue weighted by Gasteiger charge is -2.21. The normalized spacial score (nSPS) is 16.4. The quantitative estimate of drug-likeness (QED) is 0.449. The number of methoxy groups -OCH3 is 1. The molecule has 1 atom stereocenters. The zero-order valence-corrected chi connectivity index (χ0v) is 19.0. The number of rotatable bonds is 10. The highest BCUT2D eigenvalue weighted by molar-refractivity contribution is 5.81. The minimum atomic E-state index is -0.353. The predicted molar refractivity (Wildman–Crippen MR) is 123 cm³/mol. The van der Waals surface area contributed by atoms with Crippen LogP contribution in [0.5, 0.6) is 5.75 Å². The standard InChI is InChI=1S/C25H31N3O4/c1-4-31-24(32-5-2)17-28-22-9-7-6-8-21(22)26-25(28)19-14-23(29)27(16-19)15-18-10-12-20(30-3)13-11-18/h6-13,19,24H,4-5,14-17H2,1-3H3. The number of carbonyl (C=O) groups is 1. The van der Waals surface area contributed by atoms with Crippen molar-refractivity contribution < 1.29 is 19.0 Å². The number of benzene rings is 2. The molecule has 0 spiro atoms. The van der Waals surface area contributed by atoms with Gasteiger partial charge >= 0.3 is 0 Å². The van der Waals surface area contributed by atoms with E-state index in [9.17, 15) is 4.79 Å². The van der Waals surface area contributed by atoms with Crippen molar-refractivity contribution in [3.8, 4) is 5.75 Å². The minimum Gasteiger partial charge on any atom is -0.497 e. The fraction of sp³-hybridized carbons (Fsp3) is 0.440. The van der Waals surface area contributed by atoms with Gasteiger partial charge in [0, 0.05) is 38.6 Å². The van der Waals surface area contributed by atoms with Crippen LogP contribution in [0.15, 0.2) is 48.5 Å². The highest BCUT2D eigenvalue weighted by Crippen LogP contribution is 2.32. The van der Waals surface area contributed by atoms with E-state index in [4.69, 9.17) is 19.2 Å². The van der Waals surface area contributed by atoms with E-state index < -0.39 is 0 Å². The molecule has 32 heavy (non-hydrogen) atoms. The van der Waals surface area contributed by atoms with Gasteiger partial charge in [0.15, 0.2) is 6.29 Å². The summed E-state index contributed by atoms with van der Waals surface area (Å²) in [6.45, 7) is 6.84. The molecule has 2 aromatic carbocycles. The molecule has 1 fully saturated rings. The number of hydrogen-bond acceptors (Lipinski definition) is 5. The van der Waals surface area contributed by atoms with Crippen molar-refractivity contribution in [2.75, 3.05) is 26.9 Å². The Balaban J connectivity index is 1.57. The molecule has 7 nitrogen and oxygen atoms in total. The Bertz CT molecular complexity index is 1040. The molecule has 1 aliphatic rings. The second kappa shape index (κ2) is 10.1. The zero-order chi connectivity index (χ0) is 22.5. The van der Waals surface area contributed by atoms with E-state index in [2.05, 4.69) is 10.6 Å². The van der Waals surface area contributed by atoms with Gasteiger partial charge in [-0.1, -0.05) is 24.3 Å². The van der Waals surface area contributed by atoms with Crippen LogP contribution in [0, 0.1) is 0 Å². The Kier molecular flexibility index (Phi) is 7.07. The van der Waals surface area contributed by atoms with Gasteiger partial charge in [-0.15, -0.1) is 0 Å². The van der Waals surface area contributed by atoms with Gasteiger partial charge in [0.2, 0.25) is 5.91 Å². The molecular formula is C25H31N3O4. The Morgan fingerprint density at radius 2 is 1.78 bits per heavy atom. The van der Waals surface area contributed by atoms with Gasteiger partial charge in [0.25, 0.3) is 0 Å². The third-order valence-corrected chi connectivity index (χ3v) is 5.83. The first-order valence-corrected chi connectivity index (χ1v) is 11.2. The molecule has 1 aromatic heterocycles. The summed E-state index contributed by atoms with van der Waals surface area (Å²) in [7, 11) is 1.65. The summed E-state index contributed by atoms with van der Waals surface area (Å²) in [6, 6.07) is 15.9. The van der Waals surface area contributed by atoms with Gasteiger partial charge in [0.1, 0.15) is 11.6 Å². The first-order valence-electron chi connectivity index (χ1n) is 11.2. The maximum absolute atomic E-state index is 12.9. The smallest absolute Gasteiger partial charge is 0.223 e. The Labute approximate surface area is 188 Å². The molecular weight excluding hydrogens is 406 g/mol. The van der Waals surface area contributed by atoms with Crippen LogP contribution in [0.3, 0.4) is 0 Å². The number of imidazole rings is 1. The second-order valence-corrected chi connectivity index (χ2v) is 7.93. The van der Waals surface area contributed by atoms with Gasteiger partial charge in [0.05, 0.1) is 24.7 Å². The summed E-state index contributed by atoms with van der Waals surface area (Å²) in [5.74, 6) is 1.90. The van der Waals surface area contributed by atoms with Crippen LogP contribution in [0.2, 0.25) is 0 Å². The van der Waals surface area contributed by atoms with Gasteiger partial charge in [-0.05, 0) is 43.7 Å². The lowest BCUT2D eigenvalue weighted by Crippen LogP contribution is -2.26. The second-order valence-electron chi connectivity index (χ2n) is 7.93. The maximum atomic E-state index is 12.9. The molecule has 170 valence electrons. The Hall–Kier alpha value is -2.90. The average molecular weight is 438 g/mol. The molecule has 0 bridgehead atoms. The highest BCUT2D eigenvalue weighted by Gasteiger charge is 2.34. The average Bonchev–Trinajstić information content (AvgIpc) is 3.35. The van der Waals surface area contributed by atoms with Crippen molar-refractivity contribution in [1.29, 1.82) is 0 Å². The number of hydrogen-bond donors (Lipinski definition) is 0. The minimum absolute atomic E-state index is 0.0250. The van der Waals surface area contributed by atoms with Crippen molar-refractivity contribution in [3.05, 3.63) is 59.9 Å².